The number of carbonyl (C=O) groups excluding carboxylic acids is 2. The van der Waals surface area contributed by atoms with Gasteiger partial charge >= 0.3 is 6.03 Å². The third kappa shape index (κ3) is 5.13. The van der Waals surface area contributed by atoms with Crippen molar-refractivity contribution in [1.82, 2.24) is 10.2 Å². The first-order valence-corrected chi connectivity index (χ1v) is 9.93. The van der Waals surface area contributed by atoms with Crippen LogP contribution in [0.15, 0.2) is 42.5 Å². The second-order valence-corrected chi connectivity index (χ2v) is 8.11. The number of halogens is 1. The molecule has 0 spiro atoms. The summed E-state index contributed by atoms with van der Waals surface area (Å²) in [7, 11) is 0. The molecule has 0 unspecified atom stereocenters. The van der Waals surface area contributed by atoms with Crippen molar-refractivity contribution in [2.45, 2.75) is 40.2 Å². The number of hydrogen-bond acceptors (Lipinski definition) is 2. The van der Waals surface area contributed by atoms with Gasteiger partial charge < -0.3 is 15.5 Å². The Morgan fingerprint density at radius 2 is 1.72 bits per heavy atom. The average molecular weight is 397 g/mol. The highest BCUT2D eigenvalue weighted by atomic mass is 19.1. The predicted molar refractivity (Wildman–Crippen MR) is 112 cm³/mol. The van der Waals surface area contributed by atoms with Gasteiger partial charge in [0.2, 0.25) is 5.91 Å². The lowest BCUT2D eigenvalue weighted by atomic mass is 9.79. The number of carbonyl (C=O) groups is 2. The van der Waals surface area contributed by atoms with Gasteiger partial charge in [0, 0.05) is 30.7 Å². The molecule has 154 valence electrons. The Morgan fingerprint density at radius 3 is 2.34 bits per heavy atom. The fourth-order valence-electron chi connectivity index (χ4n) is 3.58. The number of aryl methyl sites for hydroxylation is 2. The highest BCUT2D eigenvalue weighted by molar-refractivity contribution is 5.90. The minimum atomic E-state index is -0.517. The molecule has 3 amide bonds. The van der Waals surface area contributed by atoms with E-state index in [-0.39, 0.29) is 17.8 Å². The Hall–Kier alpha value is -2.89. The molecule has 1 saturated heterocycles. The first-order valence-electron chi connectivity index (χ1n) is 9.93. The summed E-state index contributed by atoms with van der Waals surface area (Å²) in [5, 5.41) is 5.92. The molecule has 29 heavy (non-hydrogen) atoms. The van der Waals surface area contributed by atoms with E-state index in [4.69, 9.17) is 0 Å². The molecule has 0 atom stereocenters. The molecule has 3 rings (SSSR count). The molecule has 1 fully saturated rings. The Balaban J connectivity index is 1.52. The summed E-state index contributed by atoms with van der Waals surface area (Å²) in [4.78, 5) is 27.1. The first-order chi connectivity index (χ1) is 13.8. The van der Waals surface area contributed by atoms with Crippen LogP contribution in [-0.4, -0.2) is 29.9 Å². The summed E-state index contributed by atoms with van der Waals surface area (Å²) in [5.41, 5.74) is 3.33. The van der Waals surface area contributed by atoms with E-state index < -0.39 is 5.41 Å². The van der Waals surface area contributed by atoms with Crippen LogP contribution in [0.4, 0.5) is 14.9 Å². The van der Waals surface area contributed by atoms with Crippen molar-refractivity contribution in [2.24, 2.45) is 5.41 Å². The van der Waals surface area contributed by atoms with Crippen LogP contribution in [0.3, 0.4) is 0 Å². The molecule has 0 saturated carbocycles. The Bertz CT molecular complexity index is 887. The number of benzene rings is 2. The van der Waals surface area contributed by atoms with E-state index in [1.54, 1.807) is 17.0 Å². The second-order valence-electron chi connectivity index (χ2n) is 8.11. The molecule has 2 aromatic rings. The van der Waals surface area contributed by atoms with Crippen molar-refractivity contribution in [3.05, 3.63) is 65.0 Å². The zero-order valence-corrected chi connectivity index (χ0v) is 17.2. The van der Waals surface area contributed by atoms with Gasteiger partial charge in [-0.15, -0.1) is 0 Å². The smallest absolute Gasteiger partial charge is 0.321 e. The normalized spacial score (nSPS) is 15.7. The lowest BCUT2D eigenvalue weighted by molar-refractivity contribution is -0.132. The van der Waals surface area contributed by atoms with Crippen LogP contribution in [0, 0.1) is 25.1 Å². The Morgan fingerprint density at radius 1 is 1.07 bits per heavy atom. The molecule has 2 N–H and O–H groups in total. The molecule has 6 heteroatoms. The molecular formula is C23H28FN3O2. The Kier molecular flexibility index (Phi) is 6.20. The first kappa shape index (κ1) is 20.8. The topological polar surface area (TPSA) is 61.4 Å². The number of urea groups is 1. The highest BCUT2D eigenvalue weighted by Crippen LogP contribution is 2.31. The van der Waals surface area contributed by atoms with Crippen LogP contribution in [-0.2, 0) is 11.3 Å². The fraction of sp³-hybridized carbons (Fsp3) is 0.391. The molecule has 0 radical (unpaired) electrons. The van der Waals surface area contributed by atoms with Crippen molar-refractivity contribution in [1.29, 1.82) is 0 Å². The molecule has 5 nitrogen and oxygen atoms in total. The van der Waals surface area contributed by atoms with Gasteiger partial charge in [-0.25, -0.2) is 9.18 Å². The molecular weight excluding hydrogens is 369 g/mol. The molecule has 0 aliphatic carbocycles. The van der Waals surface area contributed by atoms with Gasteiger partial charge in [-0.1, -0.05) is 36.8 Å². The maximum absolute atomic E-state index is 13.0. The number of amides is 3. The molecule has 2 aromatic carbocycles. The average Bonchev–Trinajstić information content (AvgIpc) is 2.70. The van der Waals surface area contributed by atoms with Gasteiger partial charge in [0.15, 0.2) is 0 Å². The van der Waals surface area contributed by atoms with E-state index in [0.29, 0.717) is 32.5 Å². The van der Waals surface area contributed by atoms with Gasteiger partial charge in [0.25, 0.3) is 0 Å². The molecule has 0 aromatic heterocycles. The maximum Gasteiger partial charge on any atom is 0.321 e. The molecule has 1 aliphatic rings. The van der Waals surface area contributed by atoms with E-state index >= 15 is 0 Å². The van der Waals surface area contributed by atoms with Gasteiger partial charge in [0.1, 0.15) is 5.82 Å². The van der Waals surface area contributed by atoms with Crippen LogP contribution in [0.2, 0.25) is 0 Å². The summed E-state index contributed by atoms with van der Waals surface area (Å²) < 4.78 is 13.0. The van der Waals surface area contributed by atoms with Gasteiger partial charge in [0.05, 0.1) is 0 Å². The van der Waals surface area contributed by atoms with E-state index in [2.05, 4.69) is 10.6 Å². The van der Waals surface area contributed by atoms with Crippen LogP contribution in [0.5, 0.6) is 0 Å². The number of rotatable bonds is 4. The van der Waals surface area contributed by atoms with E-state index in [9.17, 15) is 14.0 Å². The van der Waals surface area contributed by atoms with Gasteiger partial charge in [-0.05, 0) is 56.0 Å². The van der Waals surface area contributed by atoms with Crippen molar-refractivity contribution in [3.63, 3.8) is 0 Å². The summed E-state index contributed by atoms with van der Waals surface area (Å²) in [6.45, 7) is 7.35. The molecule has 1 heterocycles. The predicted octanol–water partition coefficient (Wildman–Crippen LogP) is 4.39. The van der Waals surface area contributed by atoms with Gasteiger partial charge in [-0.3, -0.25) is 4.79 Å². The summed E-state index contributed by atoms with van der Waals surface area (Å²) >= 11 is 0. The van der Waals surface area contributed by atoms with Crippen LogP contribution < -0.4 is 10.6 Å². The third-order valence-corrected chi connectivity index (χ3v) is 5.69. The van der Waals surface area contributed by atoms with Crippen molar-refractivity contribution < 1.29 is 14.0 Å². The van der Waals surface area contributed by atoms with E-state index in [0.717, 1.165) is 22.4 Å². The minimum absolute atomic E-state index is 0.0312. The monoisotopic (exact) mass is 397 g/mol. The van der Waals surface area contributed by atoms with Crippen molar-refractivity contribution in [2.75, 3.05) is 18.4 Å². The summed E-state index contributed by atoms with van der Waals surface area (Å²) in [6, 6.07) is 11.9. The van der Waals surface area contributed by atoms with Crippen LogP contribution in [0.1, 0.15) is 36.5 Å². The Labute approximate surface area is 171 Å². The number of nitrogens with zero attached hydrogens (tertiary/aromatic N) is 1. The lowest BCUT2D eigenvalue weighted by Gasteiger charge is -2.38. The molecule has 1 aliphatic heterocycles. The van der Waals surface area contributed by atoms with Gasteiger partial charge in [-0.2, -0.15) is 0 Å². The standard InChI is InChI=1S/C23H28FN3O2/c1-16-4-9-20(17(2)14-16)26-22(29)27-12-10-23(3,11-13-27)21(28)25-15-18-5-7-19(24)8-6-18/h4-9,14H,10-13,15H2,1-3H3,(H,25,28)(H,26,29). The lowest BCUT2D eigenvalue weighted by Crippen LogP contribution is -2.49. The zero-order chi connectivity index (χ0) is 21.0. The second kappa shape index (κ2) is 8.64. The van der Waals surface area contributed by atoms with E-state index in [1.807, 2.05) is 39.0 Å². The number of hydrogen-bond donors (Lipinski definition) is 2. The number of nitrogens with one attached hydrogen (secondary N) is 2. The SMILES string of the molecule is Cc1ccc(NC(=O)N2CCC(C)(C(=O)NCc3ccc(F)cc3)CC2)c(C)c1. The summed E-state index contributed by atoms with van der Waals surface area (Å²) in [6.07, 6.45) is 1.20. The fourth-order valence-corrected chi connectivity index (χ4v) is 3.58. The van der Waals surface area contributed by atoms with Crippen molar-refractivity contribution >= 4 is 17.6 Å². The van der Waals surface area contributed by atoms with E-state index in [1.165, 1.54) is 12.1 Å². The summed E-state index contributed by atoms with van der Waals surface area (Å²) in [5.74, 6) is -0.324. The molecule has 0 bridgehead atoms. The highest BCUT2D eigenvalue weighted by Gasteiger charge is 2.38. The third-order valence-electron chi connectivity index (χ3n) is 5.69. The van der Waals surface area contributed by atoms with Crippen LogP contribution in [0.25, 0.3) is 0 Å². The minimum Gasteiger partial charge on any atom is -0.352 e. The van der Waals surface area contributed by atoms with Crippen LogP contribution >= 0.6 is 0 Å². The van der Waals surface area contributed by atoms with Crippen molar-refractivity contribution in [3.8, 4) is 0 Å². The quantitative estimate of drug-likeness (QED) is 0.804. The largest absolute Gasteiger partial charge is 0.352 e. The number of anilines is 1. The zero-order valence-electron chi connectivity index (χ0n) is 17.2. The maximum atomic E-state index is 13.0. The number of likely N-dealkylation sites (tertiary alicyclic amines) is 1. The number of piperidine rings is 1.